The van der Waals surface area contributed by atoms with E-state index < -0.39 is 0 Å². The van der Waals surface area contributed by atoms with Crippen molar-refractivity contribution in [3.63, 3.8) is 0 Å². The van der Waals surface area contributed by atoms with Crippen molar-refractivity contribution in [2.75, 3.05) is 6.26 Å². The van der Waals surface area contributed by atoms with Crippen LogP contribution in [0.3, 0.4) is 0 Å². The summed E-state index contributed by atoms with van der Waals surface area (Å²) < 4.78 is 12.5. The average Bonchev–Trinajstić information content (AvgIpc) is 2.94. The fraction of sp³-hybridized carbons (Fsp3) is 0.455. The summed E-state index contributed by atoms with van der Waals surface area (Å²) in [5.41, 5.74) is 5.90. The van der Waals surface area contributed by atoms with Crippen LogP contribution in [-0.2, 0) is 14.7 Å². The predicted octanol–water partition coefficient (Wildman–Crippen LogP) is 5.01. The number of fused-ring (bicyclic) bond motifs is 3. The molecule has 1 saturated heterocycles. The standard InChI is InChI=1S/C22H27BO2S/c1-20(2)18-12-14(23-24-21(3,4)22(5,6)25-23)8-10-16(18)17-11-9-15(26-7)13-19(17)20/h8-13H,1-7H3. The van der Waals surface area contributed by atoms with Gasteiger partial charge in [-0.2, -0.15) is 0 Å². The maximum atomic E-state index is 6.27. The first kappa shape index (κ1) is 18.2. The zero-order valence-electron chi connectivity index (χ0n) is 16.8. The van der Waals surface area contributed by atoms with Gasteiger partial charge in [0, 0.05) is 10.3 Å². The third kappa shape index (κ3) is 2.50. The van der Waals surface area contributed by atoms with E-state index in [-0.39, 0.29) is 23.7 Å². The van der Waals surface area contributed by atoms with Crippen LogP contribution in [0.1, 0.15) is 52.7 Å². The van der Waals surface area contributed by atoms with E-state index in [9.17, 15) is 0 Å². The highest BCUT2D eigenvalue weighted by Gasteiger charge is 2.52. The van der Waals surface area contributed by atoms with Crippen molar-refractivity contribution in [3.05, 3.63) is 47.5 Å². The molecule has 0 atom stereocenters. The molecule has 2 aromatic rings. The van der Waals surface area contributed by atoms with Gasteiger partial charge in [0.25, 0.3) is 0 Å². The van der Waals surface area contributed by atoms with Crippen LogP contribution in [0, 0.1) is 0 Å². The third-order valence-electron chi connectivity index (χ3n) is 6.43. The van der Waals surface area contributed by atoms with Gasteiger partial charge in [0.15, 0.2) is 0 Å². The Labute approximate surface area is 161 Å². The molecule has 0 N–H and O–H groups in total. The Hall–Kier alpha value is -1.23. The summed E-state index contributed by atoms with van der Waals surface area (Å²) in [6.45, 7) is 13.0. The Kier molecular flexibility index (Phi) is 3.94. The van der Waals surface area contributed by atoms with E-state index >= 15 is 0 Å². The van der Waals surface area contributed by atoms with E-state index in [4.69, 9.17) is 9.31 Å². The molecule has 26 heavy (non-hydrogen) atoms. The molecule has 4 rings (SSSR count). The molecule has 1 aliphatic carbocycles. The van der Waals surface area contributed by atoms with Gasteiger partial charge in [0.2, 0.25) is 0 Å². The second-order valence-electron chi connectivity index (χ2n) is 8.93. The SMILES string of the molecule is CSc1ccc2c(c1)C(C)(C)c1cc(B3OC(C)(C)C(C)(C)O3)ccc1-2. The topological polar surface area (TPSA) is 18.5 Å². The molecule has 0 amide bonds. The highest BCUT2D eigenvalue weighted by molar-refractivity contribution is 7.98. The molecule has 0 unspecified atom stereocenters. The minimum Gasteiger partial charge on any atom is -0.399 e. The van der Waals surface area contributed by atoms with Gasteiger partial charge in [0.1, 0.15) is 0 Å². The van der Waals surface area contributed by atoms with Gasteiger partial charge < -0.3 is 9.31 Å². The predicted molar refractivity (Wildman–Crippen MR) is 112 cm³/mol. The van der Waals surface area contributed by atoms with Crippen molar-refractivity contribution in [1.82, 2.24) is 0 Å². The van der Waals surface area contributed by atoms with Crippen LogP contribution in [0.4, 0.5) is 0 Å². The summed E-state index contributed by atoms with van der Waals surface area (Å²) >= 11 is 1.80. The summed E-state index contributed by atoms with van der Waals surface area (Å²) in [4.78, 5) is 1.32. The average molecular weight is 366 g/mol. The Morgan fingerprint density at radius 3 is 1.88 bits per heavy atom. The minimum atomic E-state index is -0.317. The molecular weight excluding hydrogens is 339 g/mol. The zero-order chi connectivity index (χ0) is 18.9. The van der Waals surface area contributed by atoms with Gasteiger partial charge in [-0.1, -0.05) is 38.1 Å². The molecule has 1 aliphatic heterocycles. The second kappa shape index (κ2) is 5.64. The number of hydrogen-bond acceptors (Lipinski definition) is 3. The third-order valence-corrected chi connectivity index (χ3v) is 7.16. The lowest BCUT2D eigenvalue weighted by atomic mass is 9.74. The van der Waals surface area contributed by atoms with Crippen molar-refractivity contribution >= 4 is 24.3 Å². The summed E-state index contributed by atoms with van der Waals surface area (Å²) in [7, 11) is -0.313. The summed E-state index contributed by atoms with van der Waals surface area (Å²) in [6, 6.07) is 13.5. The number of hydrogen-bond donors (Lipinski definition) is 0. The Bertz CT molecular complexity index is 870. The first-order valence-corrected chi connectivity index (χ1v) is 10.5. The molecule has 2 aliphatic rings. The molecule has 0 radical (unpaired) electrons. The molecule has 2 nitrogen and oxygen atoms in total. The maximum Gasteiger partial charge on any atom is 0.494 e. The van der Waals surface area contributed by atoms with Gasteiger partial charge in [0.05, 0.1) is 11.2 Å². The molecule has 4 heteroatoms. The molecule has 2 aromatic carbocycles. The highest BCUT2D eigenvalue weighted by atomic mass is 32.2. The lowest BCUT2D eigenvalue weighted by Gasteiger charge is -2.32. The van der Waals surface area contributed by atoms with Crippen LogP contribution in [-0.4, -0.2) is 24.6 Å². The fourth-order valence-electron chi connectivity index (χ4n) is 3.99. The molecule has 1 heterocycles. The van der Waals surface area contributed by atoms with E-state index in [1.54, 1.807) is 11.8 Å². The second-order valence-corrected chi connectivity index (χ2v) is 9.81. The normalized spacial score (nSPS) is 21.6. The van der Waals surface area contributed by atoms with Crippen LogP contribution in [0.5, 0.6) is 0 Å². The summed E-state index contributed by atoms with van der Waals surface area (Å²) in [5.74, 6) is 0. The van der Waals surface area contributed by atoms with Gasteiger partial charge in [-0.25, -0.2) is 0 Å². The monoisotopic (exact) mass is 366 g/mol. The van der Waals surface area contributed by atoms with Gasteiger partial charge in [-0.15, -0.1) is 11.8 Å². The molecular formula is C22H27BO2S. The first-order valence-electron chi connectivity index (χ1n) is 9.26. The van der Waals surface area contributed by atoms with E-state index in [1.165, 1.54) is 27.1 Å². The van der Waals surface area contributed by atoms with Crippen LogP contribution in [0.2, 0.25) is 0 Å². The van der Waals surface area contributed by atoms with Crippen LogP contribution < -0.4 is 5.46 Å². The molecule has 0 aromatic heterocycles. The highest BCUT2D eigenvalue weighted by Crippen LogP contribution is 2.49. The largest absolute Gasteiger partial charge is 0.494 e. The van der Waals surface area contributed by atoms with E-state index in [0.29, 0.717) is 0 Å². The molecule has 0 bridgehead atoms. The van der Waals surface area contributed by atoms with Crippen molar-refractivity contribution in [1.29, 1.82) is 0 Å². The lowest BCUT2D eigenvalue weighted by Crippen LogP contribution is -2.41. The van der Waals surface area contributed by atoms with Crippen molar-refractivity contribution in [2.45, 2.75) is 63.1 Å². The van der Waals surface area contributed by atoms with Crippen LogP contribution in [0.15, 0.2) is 41.3 Å². The quantitative estimate of drug-likeness (QED) is 0.550. The van der Waals surface area contributed by atoms with Gasteiger partial charge in [-0.05, 0) is 73.8 Å². The Balaban J connectivity index is 1.77. The van der Waals surface area contributed by atoms with Gasteiger partial charge in [-0.3, -0.25) is 0 Å². The number of benzene rings is 2. The van der Waals surface area contributed by atoms with Crippen molar-refractivity contribution < 1.29 is 9.31 Å². The van der Waals surface area contributed by atoms with Gasteiger partial charge >= 0.3 is 7.12 Å². The fourth-order valence-corrected chi connectivity index (χ4v) is 4.43. The molecule has 0 spiro atoms. The van der Waals surface area contributed by atoms with E-state index in [1.807, 2.05) is 0 Å². The van der Waals surface area contributed by atoms with Crippen molar-refractivity contribution in [2.24, 2.45) is 0 Å². The summed E-state index contributed by atoms with van der Waals surface area (Å²) in [5, 5.41) is 0. The number of rotatable bonds is 2. The van der Waals surface area contributed by atoms with Crippen molar-refractivity contribution in [3.8, 4) is 11.1 Å². The van der Waals surface area contributed by atoms with Crippen LogP contribution in [0.25, 0.3) is 11.1 Å². The van der Waals surface area contributed by atoms with E-state index in [0.717, 1.165) is 5.46 Å². The minimum absolute atomic E-state index is 0.0178. The molecule has 0 saturated carbocycles. The Morgan fingerprint density at radius 2 is 1.31 bits per heavy atom. The maximum absolute atomic E-state index is 6.27. The zero-order valence-corrected chi connectivity index (χ0v) is 17.6. The first-order chi connectivity index (χ1) is 12.1. The van der Waals surface area contributed by atoms with Crippen LogP contribution >= 0.6 is 11.8 Å². The Morgan fingerprint density at radius 1 is 0.769 bits per heavy atom. The molecule has 1 fully saturated rings. The number of thioether (sulfide) groups is 1. The lowest BCUT2D eigenvalue weighted by molar-refractivity contribution is 0.00578. The smallest absolute Gasteiger partial charge is 0.399 e. The van der Waals surface area contributed by atoms with E-state index in [2.05, 4.69) is 84.2 Å². The summed E-state index contributed by atoms with van der Waals surface area (Å²) in [6.07, 6.45) is 2.13. The molecule has 136 valence electrons.